The van der Waals surface area contributed by atoms with Crippen LogP contribution in [0.2, 0.25) is 0 Å². The molecule has 164 valence electrons. The number of nitrogens with zero attached hydrogens (tertiary/aromatic N) is 2. The van der Waals surface area contributed by atoms with Gasteiger partial charge in [0.2, 0.25) is 0 Å². The third-order valence-electron chi connectivity index (χ3n) is 8.56. The molecule has 3 aliphatic rings. The Morgan fingerprint density at radius 2 is 1.43 bits per heavy atom. The number of para-hydroxylation sites is 3. The van der Waals surface area contributed by atoms with Crippen LogP contribution in [-0.4, -0.2) is 9.38 Å². The third-order valence-corrected chi connectivity index (χ3v) is 8.56. The molecule has 0 aliphatic heterocycles. The smallest absolute Gasteiger partial charge is 0.146 e. The molecule has 35 heavy (non-hydrogen) atoms. The second-order valence-electron chi connectivity index (χ2n) is 10.2. The molecule has 9 rings (SSSR count). The highest BCUT2D eigenvalue weighted by Gasteiger charge is 2.35. The summed E-state index contributed by atoms with van der Waals surface area (Å²) in [6.07, 6.45) is 4.34. The summed E-state index contributed by atoms with van der Waals surface area (Å²) in [5.41, 5.74) is 19.4. The summed E-state index contributed by atoms with van der Waals surface area (Å²) >= 11 is 0. The van der Waals surface area contributed by atoms with E-state index in [9.17, 15) is 0 Å². The van der Waals surface area contributed by atoms with Gasteiger partial charge < -0.3 is 0 Å². The molecule has 0 saturated carbocycles. The Bertz CT molecular complexity index is 1950. The Hall–Kier alpha value is -4.17. The van der Waals surface area contributed by atoms with Crippen molar-refractivity contribution in [3.8, 4) is 11.1 Å². The summed E-state index contributed by atoms with van der Waals surface area (Å²) in [6, 6.07) is 31.3. The summed E-state index contributed by atoms with van der Waals surface area (Å²) in [7, 11) is 0. The van der Waals surface area contributed by atoms with Gasteiger partial charge in [0.1, 0.15) is 5.65 Å². The average Bonchev–Trinajstić information content (AvgIpc) is 3.59. The SMILES string of the molecule is c1ccc2c(c1)Cc1ccc3c(c1-2)CC1=C3c2c(c3ccccc3n3c2nc2ccccc23)CC1. The first kappa shape index (κ1) is 18.2. The minimum absolute atomic E-state index is 1.06. The van der Waals surface area contributed by atoms with Gasteiger partial charge in [-0.1, -0.05) is 72.3 Å². The monoisotopic (exact) mass is 446 g/mol. The predicted molar refractivity (Wildman–Crippen MR) is 143 cm³/mol. The normalized spacial score (nSPS) is 15.4. The van der Waals surface area contributed by atoms with Crippen molar-refractivity contribution in [2.75, 3.05) is 0 Å². The zero-order valence-electron chi connectivity index (χ0n) is 19.3. The lowest BCUT2D eigenvalue weighted by Crippen LogP contribution is -2.08. The number of fused-ring (bicyclic) bond motifs is 15. The van der Waals surface area contributed by atoms with E-state index < -0.39 is 0 Å². The van der Waals surface area contributed by atoms with Crippen molar-refractivity contribution >= 4 is 33.2 Å². The molecular formula is C33H22N2. The first-order chi connectivity index (χ1) is 17.4. The lowest BCUT2D eigenvalue weighted by atomic mass is 9.84. The van der Waals surface area contributed by atoms with Gasteiger partial charge >= 0.3 is 0 Å². The van der Waals surface area contributed by atoms with Gasteiger partial charge in [0, 0.05) is 10.9 Å². The molecule has 0 N–H and O–H groups in total. The maximum absolute atomic E-state index is 5.25. The fourth-order valence-electron chi connectivity index (χ4n) is 7.17. The molecular weight excluding hydrogens is 424 g/mol. The number of aryl methyl sites for hydroxylation is 1. The lowest BCUT2D eigenvalue weighted by molar-refractivity contribution is 0.902. The van der Waals surface area contributed by atoms with E-state index in [1.807, 2.05) is 0 Å². The van der Waals surface area contributed by atoms with Gasteiger partial charge in [0.05, 0.1) is 16.6 Å². The molecule has 0 unspecified atom stereocenters. The summed E-state index contributed by atoms with van der Waals surface area (Å²) in [6.45, 7) is 0. The van der Waals surface area contributed by atoms with Crippen LogP contribution in [0.25, 0.3) is 44.3 Å². The quantitative estimate of drug-likeness (QED) is 0.236. The van der Waals surface area contributed by atoms with E-state index in [-0.39, 0.29) is 0 Å². The number of rotatable bonds is 0. The second-order valence-corrected chi connectivity index (χ2v) is 10.2. The first-order valence-corrected chi connectivity index (χ1v) is 12.6. The van der Waals surface area contributed by atoms with E-state index in [1.54, 1.807) is 5.57 Å². The van der Waals surface area contributed by atoms with E-state index in [0.29, 0.717) is 0 Å². The predicted octanol–water partition coefficient (Wildman–Crippen LogP) is 7.52. The number of pyridine rings is 1. The van der Waals surface area contributed by atoms with Crippen LogP contribution >= 0.6 is 0 Å². The molecule has 0 radical (unpaired) electrons. The number of imidazole rings is 1. The molecule has 2 heterocycles. The Balaban J connectivity index is 1.41. The number of hydrogen-bond acceptors (Lipinski definition) is 1. The molecule has 6 aromatic rings. The summed E-state index contributed by atoms with van der Waals surface area (Å²) in [5, 5.41) is 1.37. The van der Waals surface area contributed by atoms with Crippen LogP contribution in [0.1, 0.15) is 39.8 Å². The fourth-order valence-corrected chi connectivity index (χ4v) is 7.17. The molecule has 4 aromatic carbocycles. The standard InChI is InChI=1S/C33H22N2/c1-2-8-22-19(7-1)17-20-13-16-25-26(30(20)22)18-21-14-15-24-23-9-3-5-11-28(23)35-29-12-6-4-10-27(29)34-33(35)32(24)31(21)25/h1-13,16H,14-15,17-18H2. The van der Waals surface area contributed by atoms with Crippen molar-refractivity contribution < 1.29 is 0 Å². The van der Waals surface area contributed by atoms with Gasteiger partial charge in [-0.2, -0.15) is 0 Å². The zero-order chi connectivity index (χ0) is 22.7. The van der Waals surface area contributed by atoms with Gasteiger partial charge in [0.25, 0.3) is 0 Å². The van der Waals surface area contributed by atoms with Crippen LogP contribution in [0.5, 0.6) is 0 Å². The highest BCUT2D eigenvalue weighted by atomic mass is 15.0. The van der Waals surface area contributed by atoms with Gasteiger partial charge in [-0.3, -0.25) is 4.40 Å². The van der Waals surface area contributed by atoms with Crippen molar-refractivity contribution in [3.63, 3.8) is 0 Å². The van der Waals surface area contributed by atoms with E-state index in [1.165, 1.54) is 66.5 Å². The molecule has 3 aliphatic carbocycles. The topological polar surface area (TPSA) is 17.3 Å². The van der Waals surface area contributed by atoms with E-state index in [4.69, 9.17) is 4.98 Å². The molecule has 0 amide bonds. The first-order valence-electron chi connectivity index (χ1n) is 12.6. The van der Waals surface area contributed by atoms with Crippen LogP contribution in [0.15, 0.2) is 90.5 Å². The van der Waals surface area contributed by atoms with Crippen molar-refractivity contribution in [2.45, 2.75) is 25.7 Å². The molecule has 0 bridgehead atoms. The maximum atomic E-state index is 5.25. The largest absolute Gasteiger partial charge is 0.292 e. The van der Waals surface area contributed by atoms with Crippen LogP contribution in [-0.2, 0) is 19.3 Å². The molecule has 2 heteroatoms. The van der Waals surface area contributed by atoms with Crippen LogP contribution in [0.3, 0.4) is 0 Å². The summed E-state index contributed by atoms with van der Waals surface area (Å²) in [5.74, 6) is 0. The average molecular weight is 447 g/mol. The lowest BCUT2D eigenvalue weighted by Gasteiger charge is -2.23. The second kappa shape index (κ2) is 6.28. The minimum atomic E-state index is 1.06. The highest BCUT2D eigenvalue weighted by Crippen LogP contribution is 2.52. The molecule has 0 saturated heterocycles. The van der Waals surface area contributed by atoms with E-state index >= 15 is 0 Å². The van der Waals surface area contributed by atoms with Crippen molar-refractivity contribution in [1.29, 1.82) is 0 Å². The molecule has 2 aromatic heterocycles. The van der Waals surface area contributed by atoms with Gasteiger partial charge in [-0.25, -0.2) is 4.98 Å². The van der Waals surface area contributed by atoms with Crippen LogP contribution in [0, 0.1) is 0 Å². The molecule has 2 nitrogen and oxygen atoms in total. The van der Waals surface area contributed by atoms with Crippen molar-refractivity contribution in [2.24, 2.45) is 0 Å². The number of hydrogen-bond donors (Lipinski definition) is 0. The number of allylic oxidation sites excluding steroid dienone is 1. The Morgan fingerprint density at radius 1 is 0.600 bits per heavy atom. The van der Waals surface area contributed by atoms with E-state index in [2.05, 4.69) is 89.3 Å². The zero-order valence-corrected chi connectivity index (χ0v) is 19.3. The van der Waals surface area contributed by atoms with Crippen molar-refractivity contribution in [3.05, 3.63) is 124 Å². The Labute approximate surface area is 203 Å². The van der Waals surface area contributed by atoms with Gasteiger partial charge in [-0.15, -0.1) is 0 Å². The maximum Gasteiger partial charge on any atom is 0.146 e. The number of benzene rings is 4. The minimum Gasteiger partial charge on any atom is -0.292 e. The van der Waals surface area contributed by atoms with Gasteiger partial charge in [-0.05, 0) is 88.4 Å². The Kier molecular flexibility index (Phi) is 3.27. The van der Waals surface area contributed by atoms with Crippen LogP contribution in [0.4, 0.5) is 0 Å². The highest BCUT2D eigenvalue weighted by molar-refractivity contribution is 6.05. The van der Waals surface area contributed by atoms with Crippen molar-refractivity contribution in [1.82, 2.24) is 9.38 Å². The number of aromatic nitrogens is 2. The third kappa shape index (κ3) is 2.18. The molecule has 0 spiro atoms. The Morgan fingerprint density at radius 3 is 2.40 bits per heavy atom. The van der Waals surface area contributed by atoms with Crippen LogP contribution < -0.4 is 0 Å². The summed E-state index contributed by atoms with van der Waals surface area (Å²) in [4.78, 5) is 5.25. The van der Waals surface area contributed by atoms with Gasteiger partial charge in [0.15, 0.2) is 0 Å². The fraction of sp³-hybridized carbons (Fsp3) is 0.121. The van der Waals surface area contributed by atoms with E-state index in [0.717, 1.165) is 36.8 Å². The molecule has 0 atom stereocenters. The summed E-state index contributed by atoms with van der Waals surface area (Å²) < 4.78 is 2.40. The molecule has 0 fully saturated rings.